The molecule has 0 atom stereocenters. The van der Waals surface area contributed by atoms with Crippen LogP contribution in [0.25, 0.3) is 0 Å². The molecule has 0 bridgehead atoms. The molecule has 0 heterocycles. The number of nitriles is 2. The van der Waals surface area contributed by atoms with E-state index >= 15 is 0 Å². The van der Waals surface area contributed by atoms with Gasteiger partial charge in [-0.2, -0.15) is 10.5 Å². The van der Waals surface area contributed by atoms with Crippen LogP contribution in [-0.2, 0) is 0 Å². The second-order valence-corrected chi connectivity index (χ2v) is 3.52. The molecule has 1 rings (SSSR count). The van der Waals surface area contributed by atoms with Crippen LogP contribution in [0.5, 0.6) is 0 Å². The number of rotatable bonds is 2. The molecule has 1 aliphatic rings. The van der Waals surface area contributed by atoms with Gasteiger partial charge >= 0.3 is 0 Å². The van der Waals surface area contributed by atoms with E-state index in [1.807, 2.05) is 6.07 Å². The summed E-state index contributed by atoms with van der Waals surface area (Å²) in [7, 11) is 0. The van der Waals surface area contributed by atoms with E-state index in [-0.39, 0.29) is 0 Å². The Balaban J connectivity index is 2.59. The maximum absolute atomic E-state index is 8.59. The van der Waals surface area contributed by atoms with Gasteiger partial charge in [-0.05, 0) is 24.3 Å². The third-order valence-electron chi connectivity index (χ3n) is 2.66. The molecule has 0 aliphatic heterocycles. The molecule has 0 aromatic heterocycles. The molecule has 0 amide bonds. The first-order valence-electron chi connectivity index (χ1n) is 4.84. The molecule has 0 radical (unpaired) electrons. The molecule has 0 unspecified atom stereocenters. The first-order chi connectivity index (χ1) is 6.38. The summed E-state index contributed by atoms with van der Waals surface area (Å²) >= 11 is 0. The Kier molecular flexibility index (Phi) is 4.06. The molecule has 1 saturated carbocycles. The van der Waals surface area contributed by atoms with Crippen molar-refractivity contribution >= 4 is 0 Å². The third-order valence-corrected chi connectivity index (χ3v) is 2.66. The van der Waals surface area contributed by atoms with Crippen molar-refractivity contribution in [2.24, 2.45) is 5.92 Å². The van der Waals surface area contributed by atoms with Gasteiger partial charge in [-0.25, -0.2) is 0 Å². The zero-order chi connectivity index (χ0) is 9.52. The average molecular weight is 174 g/mol. The van der Waals surface area contributed by atoms with E-state index in [4.69, 9.17) is 10.5 Å². The molecule has 0 saturated heterocycles. The zero-order valence-electron chi connectivity index (χ0n) is 7.79. The average Bonchev–Trinajstić information content (AvgIpc) is 2.19. The number of nitrogens with zero attached hydrogens (tertiary/aromatic N) is 2. The molecule has 0 aromatic carbocycles. The lowest BCUT2D eigenvalue weighted by Crippen LogP contribution is -2.08. The smallest absolute Gasteiger partial charge is 0.0912 e. The Bertz CT molecular complexity index is 259. The number of hydrogen-bond donors (Lipinski definition) is 0. The summed E-state index contributed by atoms with van der Waals surface area (Å²) in [4.78, 5) is 0. The molecule has 1 aliphatic carbocycles. The van der Waals surface area contributed by atoms with Crippen LogP contribution in [0.3, 0.4) is 0 Å². The van der Waals surface area contributed by atoms with Gasteiger partial charge < -0.3 is 0 Å². The molecule has 1 fully saturated rings. The monoisotopic (exact) mass is 174 g/mol. The SMILES string of the molecule is N#C/C=C(\CC#N)C1CCCCC1. The molecule has 13 heavy (non-hydrogen) atoms. The lowest BCUT2D eigenvalue weighted by Gasteiger charge is -2.22. The van der Waals surface area contributed by atoms with Crippen LogP contribution in [0.15, 0.2) is 11.6 Å². The highest BCUT2D eigenvalue weighted by Crippen LogP contribution is 2.30. The minimum atomic E-state index is 0.429. The largest absolute Gasteiger partial charge is 0.198 e. The summed E-state index contributed by atoms with van der Waals surface area (Å²) in [5.74, 6) is 0.507. The minimum absolute atomic E-state index is 0.429. The van der Waals surface area contributed by atoms with E-state index in [9.17, 15) is 0 Å². The Morgan fingerprint density at radius 1 is 1.23 bits per heavy atom. The molecule has 0 N–H and O–H groups in total. The van der Waals surface area contributed by atoms with Gasteiger partial charge in [0.05, 0.1) is 18.6 Å². The molecular formula is C11H14N2. The van der Waals surface area contributed by atoms with Crippen LogP contribution in [0.1, 0.15) is 38.5 Å². The molecular weight excluding hydrogens is 160 g/mol. The standard InChI is InChI=1S/C11H14N2/c12-8-6-11(7-9-13)10-4-2-1-3-5-10/h6,10H,1-5,7H2/b11-6+. The van der Waals surface area contributed by atoms with E-state index in [1.165, 1.54) is 19.3 Å². The Hall–Kier alpha value is -1.28. The molecule has 2 nitrogen and oxygen atoms in total. The summed E-state index contributed by atoms with van der Waals surface area (Å²) in [6.45, 7) is 0. The molecule has 2 heteroatoms. The topological polar surface area (TPSA) is 47.6 Å². The second-order valence-electron chi connectivity index (χ2n) is 3.52. The van der Waals surface area contributed by atoms with Crippen molar-refractivity contribution in [3.8, 4) is 12.1 Å². The lowest BCUT2D eigenvalue weighted by atomic mass is 9.82. The van der Waals surface area contributed by atoms with E-state index in [0.29, 0.717) is 12.3 Å². The number of allylic oxidation sites excluding steroid dienone is 2. The van der Waals surface area contributed by atoms with Crippen molar-refractivity contribution in [2.45, 2.75) is 38.5 Å². The fraction of sp³-hybridized carbons (Fsp3) is 0.636. The van der Waals surface area contributed by atoms with Crippen LogP contribution in [-0.4, -0.2) is 0 Å². The van der Waals surface area contributed by atoms with Crippen LogP contribution < -0.4 is 0 Å². The summed E-state index contributed by atoms with van der Waals surface area (Å²) in [6.07, 6.45) is 8.13. The zero-order valence-corrected chi connectivity index (χ0v) is 7.79. The predicted molar refractivity (Wildman–Crippen MR) is 50.5 cm³/mol. The normalized spacial score (nSPS) is 19.1. The maximum Gasteiger partial charge on any atom is 0.0912 e. The fourth-order valence-corrected chi connectivity index (χ4v) is 1.96. The maximum atomic E-state index is 8.59. The quantitative estimate of drug-likeness (QED) is 0.604. The number of hydrogen-bond acceptors (Lipinski definition) is 2. The van der Waals surface area contributed by atoms with Crippen molar-refractivity contribution in [2.75, 3.05) is 0 Å². The van der Waals surface area contributed by atoms with E-state index < -0.39 is 0 Å². The van der Waals surface area contributed by atoms with Gasteiger partial charge in [0.25, 0.3) is 0 Å². The summed E-state index contributed by atoms with van der Waals surface area (Å²) in [5.41, 5.74) is 1.05. The van der Waals surface area contributed by atoms with Crippen LogP contribution >= 0.6 is 0 Å². The Labute approximate surface area is 79.5 Å². The highest BCUT2D eigenvalue weighted by atomic mass is 14.3. The van der Waals surface area contributed by atoms with Crippen molar-refractivity contribution in [1.29, 1.82) is 10.5 Å². The first-order valence-corrected chi connectivity index (χ1v) is 4.84. The van der Waals surface area contributed by atoms with Crippen LogP contribution in [0.4, 0.5) is 0 Å². The molecule has 0 aromatic rings. The highest BCUT2D eigenvalue weighted by molar-refractivity contribution is 5.19. The minimum Gasteiger partial charge on any atom is -0.198 e. The third kappa shape index (κ3) is 2.92. The van der Waals surface area contributed by atoms with Crippen molar-refractivity contribution < 1.29 is 0 Å². The van der Waals surface area contributed by atoms with Crippen LogP contribution in [0.2, 0.25) is 0 Å². The predicted octanol–water partition coefficient (Wildman–Crippen LogP) is 2.93. The summed E-state index contributed by atoms with van der Waals surface area (Å²) in [6, 6.07) is 4.17. The van der Waals surface area contributed by atoms with Gasteiger partial charge in [0.15, 0.2) is 0 Å². The van der Waals surface area contributed by atoms with Gasteiger partial charge in [0, 0.05) is 6.08 Å². The van der Waals surface area contributed by atoms with Gasteiger partial charge in [0.2, 0.25) is 0 Å². The van der Waals surface area contributed by atoms with Crippen molar-refractivity contribution in [3.05, 3.63) is 11.6 Å². The van der Waals surface area contributed by atoms with Gasteiger partial charge in [-0.15, -0.1) is 0 Å². The highest BCUT2D eigenvalue weighted by Gasteiger charge is 2.17. The van der Waals surface area contributed by atoms with Gasteiger partial charge in [0.1, 0.15) is 0 Å². The van der Waals surface area contributed by atoms with Crippen molar-refractivity contribution in [1.82, 2.24) is 0 Å². The fourth-order valence-electron chi connectivity index (χ4n) is 1.96. The van der Waals surface area contributed by atoms with Gasteiger partial charge in [-0.1, -0.05) is 19.3 Å². The Morgan fingerprint density at radius 3 is 2.46 bits per heavy atom. The van der Waals surface area contributed by atoms with Crippen LogP contribution in [0, 0.1) is 28.6 Å². The van der Waals surface area contributed by atoms with Crippen molar-refractivity contribution in [3.63, 3.8) is 0 Å². The summed E-state index contributed by atoms with van der Waals surface area (Å²) < 4.78 is 0. The molecule has 68 valence electrons. The lowest BCUT2D eigenvalue weighted by molar-refractivity contribution is 0.399. The summed E-state index contributed by atoms with van der Waals surface area (Å²) in [5, 5.41) is 17.2. The van der Waals surface area contributed by atoms with E-state index in [1.54, 1.807) is 6.08 Å². The van der Waals surface area contributed by atoms with Gasteiger partial charge in [-0.3, -0.25) is 0 Å². The Morgan fingerprint density at radius 2 is 1.92 bits per heavy atom. The van der Waals surface area contributed by atoms with E-state index in [2.05, 4.69) is 6.07 Å². The van der Waals surface area contributed by atoms with E-state index in [0.717, 1.165) is 18.4 Å². The molecule has 0 spiro atoms. The first kappa shape index (κ1) is 9.81. The second kappa shape index (κ2) is 5.38.